The van der Waals surface area contributed by atoms with E-state index in [0.717, 1.165) is 28.8 Å². The van der Waals surface area contributed by atoms with Crippen molar-refractivity contribution < 1.29 is 19.8 Å². The molecule has 42 heavy (non-hydrogen) atoms. The zero-order chi connectivity index (χ0) is 29.5. The molecule has 0 aliphatic heterocycles. The van der Waals surface area contributed by atoms with Crippen molar-refractivity contribution in [3.8, 4) is 22.6 Å². The van der Waals surface area contributed by atoms with Gasteiger partial charge in [0.2, 0.25) is 0 Å². The number of carbonyl (C=O) groups excluding carboxylic acids is 1. The first-order valence-electron chi connectivity index (χ1n) is 13.4. The highest BCUT2D eigenvalue weighted by Crippen LogP contribution is 2.27. The van der Waals surface area contributed by atoms with E-state index in [1.807, 2.05) is 49.4 Å². The van der Waals surface area contributed by atoms with Crippen LogP contribution in [-0.4, -0.2) is 74.6 Å². The van der Waals surface area contributed by atoms with Crippen molar-refractivity contribution >= 4 is 11.9 Å². The van der Waals surface area contributed by atoms with Gasteiger partial charge in [0.25, 0.3) is 5.91 Å². The van der Waals surface area contributed by atoms with Crippen LogP contribution in [-0.2, 0) is 24.2 Å². The van der Waals surface area contributed by atoms with Crippen LogP contribution < -0.4 is 5.32 Å². The highest BCUT2D eigenvalue weighted by molar-refractivity contribution is 5.93. The van der Waals surface area contributed by atoms with Gasteiger partial charge in [0, 0.05) is 16.8 Å². The lowest BCUT2D eigenvalue weighted by Crippen LogP contribution is -2.48. The van der Waals surface area contributed by atoms with Gasteiger partial charge in [-0.3, -0.25) is 19.4 Å². The van der Waals surface area contributed by atoms with E-state index >= 15 is 0 Å². The van der Waals surface area contributed by atoms with Crippen LogP contribution in [0.1, 0.15) is 40.8 Å². The average Bonchev–Trinajstić information content (AvgIpc) is 3.68. The number of H-pyrrole nitrogens is 1. The maximum absolute atomic E-state index is 13.2. The van der Waals surface area contributed by atoms with Crippen molar-refractivity contribution in [2.24, 2.45) is 0 Å². The highest BCUT2D eigenvalue weighted by atomic mass is 16.4. The number of nitrogens with one attached hydrogen (secondary N) is 2. The van der Waals surface area contributed by atoms with E-state index in [1.54, 1.807) is 35.3 Å². The third-order valence-electron chi connectivity index (χ3n) is 6.67. The number of hydrogen-bond donors (Lipinski definition) is 4. The number of aromatic amines is 1. The molecule has 13 heteroatoms. The molecule has 0 aliphatic carbocycles. The van der Waals surface area contributed by atoms with Crippen LogP contribution in [0.15, 0.2) is 73.1 Å². The maximum atomic E-state index is 13.2. The number of aryl methyl sites for hydroxylation is 1. The Labute approximate surface area is 240 Å². The number of amides is 1. The van der Waals surface area contributed by atoms with Crippen molar-refractivity contribution in [3.05, 3.63) is 95.7 Å². The molecule has 0 bridgehead atoms. The molecule has 0 aliphatic rings. The Morgan fingerprint density at radius 2 is 1.79 bits per heavy atom. The number of hydrogen-bond acceptors (Lipinski definition) is 9. The lowest BCUT2D eigenvalue weighted by atomic mass is 10.0. The van der Waals surface area contributed by atoms with Crippen LogP contribution in [0.4, 0.5) is 0 Å². The van der Waals surface area contributed by atoms with Crippen LogP contribution in [0, 0.1) is 0 Å². The number of aromatic nitrogens is 8. The number of carboxylic acids is 1. The second-order valence-electron chi connectivity index (χ2n) is 9.67. The van der Waals surface area contributed by atoms with E-state index in [-0.39, 0.29) is 18.7 Å². The topological polar surface area (TPSA) is 185 Å². The molecule has 4 N–H and O–H groups in total. The molecular weight excluding hydrogens is 538 g/mol. The molecule has 5 rings (SSSR count). The summed E-state index contributed by atoms with van der Waals surface area (Å²) >= 11 is 0. The molecule has 0 spiro atoms. The molecular formula is C29H29N9O4. The fourth-order valence-electron chi connectivity index (χ4n) is 4.60. The minimum absolute atomic E-state index is 0.119. The summed E-state index contributed by atoms with van der Waals surface area (Å²) in [4.78, 5) is 33.9. The van der Waals surface area contributed by atoms with E-state index in [4.69, 9.17) is 0 Å². The zero-order valence-electron chi connectivity index (χ0n) is 22.8. The standard InChI is InChI=1S/C29H29N9O4/c1-2-8-20-14-24(28(40)32-23(26(39)29(41)42)13-18-9-4-3-5-10-18)35-38(20)17-19-15-31-25(16-30-19)21-11-6-7-12-22(21)27-33-36-37-34-27/h3-7,9-12,14-16,23,26,39H,2,8,13,17H2,1H3,(H,32,40)(H,41,42)(H,33,34,36,37)/t23-,26-/m1/s1. The number of rotatable bonds is 12. The number of tetrazole rings is 1. The van der Waals surface area contributed by atoms with Crippen molar-refractivity contribution in [1.29, 1.82) is 0 Å². The highest BCUT2D eigenvalue weighted by Gasteiger charge is 2.29. The van der Waals surface area contributed by atoms with Crippen LogP contribution in [0.25, 0.3) is 22.6 Å². The smallest absolute Gasteiger partial charge is 0.334 e. The van der Waals surface area contributed by atoms with Crippen molar-refractivity contribution in [2.45, 2.75) is 44.9 Å². The Hall–Kier alpha value is -5.30. The average molecular weight is 568 g/mol. The first-order valence-corrected chi connectivity index (χ1v) is 13.4. The van der Waals surface area contributed by atoms with E-state index in [1.165, 1.54) is 0 Å². The zero-order valence-corrected chi connectivity index (χ0v) is 22.8. The van der Waals surface area contributed by atoms with Crippen molar-refractivity contribution in [3.63, 3.8) is 0 Å². The molecule has 3 heterocycles. The minimum atomic E-state index is -1.79. The van der Waals surface area contributed by atoms with Gasteiger partial charge in [-0.05, 0) is 34.9 Å². The molecule has 2 atom stereocenters. The van der Waals surface area contributed by atoms with Crippen molar-refractivity contribution in [1.82, 2.24) is 45.7 Å². The van der Waals surface area contributed by atoms with E-state index < -0.39 is 24.0 Å². The summed E-state index contributed by atoms with van der Waals surface area (Å²) in [5.74, 6) is -1.48. The monoisotopic (exact) mass is 567 g/mol. The summed E-state index contributed by atoms with van der Waals surface area (Å²) in [6.45, 7) is 2.29. The normalized spacial score (nSPS) is 12.5. The maximum Gasteiger partial charge on any atom is 0.334 e. The second kappa shape index (κ2) is 12.9. The number of nitrogens with zero attached hydrogens (tertiary/aromatic N) is 7. The Kier molecular flexibility index (Phi) is 8.68. The van der Waals surface area contributed by atoms with Gasteiger partial charge in [0.15, 0.2) is 11.9 Å². The molecule has 0 saturated heterocycles. The molecule has 0 fully saturated rings. The third kappa shape index (κ3) is 6.53. The van der Waals surface area contributed by atoms with Crippen molar-refractivity contribution in [2.75, 3.05) is 0 Å². The summed E-state index contributed by atoms with van der Waals surface area (Å²) in [6, 6.07) is 17.3. The quantitative estimate of drug-likeness (QED) is 0.174. The van der Waals surface area contributed by atoms with E-state index in [0.29, 0.717) is 23.6 Å². The first kappa shape index (κ1) is 28.2. The van der Waals surface area contributed by atoms with Gasteiger partial charge in [-0.25, -0.2) is 9.89 Å². The number of aliphatic hydroxyl groups excluding tert-OH is 1. The van der Waals surface area contributed by atoms with Crippen LogP contribution in [0.2, 0.25) is 0 Å². The summed E-state index contributed by atoms with van der Waals surface area (Å²) in [5, 5.41) is 40.9. The molecule has 3 aromatic heterocycles. The van der Waals surface area contributed by atoms with E-state index in [2.05, 4.69) is 41.0 Å². The fraction of sp³-hybridized carbons (Fsp3) is 0.241. The predicted octanol–water partition coefficient (Wildman–Crippen LogP) is 2.31. The van der Waals surface area contributed by atoms with Gasteiger partial charge in [-0.2, -0.15) is 5.10 Å². The molecule has 0 unspecified atom stereocenters. The molecule has 5 aromatic rings. The molecule has 1 amide bonds. The Bertz CT molecular complexity index is 1640. The minimum Gasteiger partial charge on any atom is -0.479 e. The summed E-state index contributed by atoms with van der Waals surface area (Å²) in [6.07, 6.45) is 3.15. The summed E-state index contributed by atoms with van der Waals surface area (Å²) in [5.41, 5.74) is 4.59. The van der Waals surface area contributed by atoms with Gasteiger partial charge in [0.1, 0.15) is 5.69 Å². The Morgan fingerprint density at radius 3 is 2.45 bits per heavy atom. The largest absolute Gasteiger partial charge is 0.479 e. The Balaban J connectivity index is 1.34. The molecule has 0 saturated carbocycles. The molecule has 214 valence electrons. The number of aliphatic carboxylic acids is 1. The molecule has 0 radical (unpaired) electrons. The van der Waals surface area contributed by atoms with Crippen LogP contribution in [0.3, 0.4) is 0 Å². The van der Waals surface area contributed by atoms with Gasteiger partial charge in [-0.1, -0.05) is 67.9 Å². The predicted molar refractivity (Wildman–Crippen MR) is 151 cm³/mol. The number of benzene rings is 2. The SMILES string of the molecule is CCCc1cc(C(=O)N[C@H](Cc2ccccc2)[C@@H](O)C(=O)O)nn1Cc1cnc(-c2ccccc2-c2nnn[nH]2)cn1. The van der Waals surface area contributed by atoms with Gasteiger partial charge >= 0.3 is 5.97 Å². The summed E-state index contributed by atoms with van der Waals surface area (Å²) < 4.78 is 1.69. The lowest BCUT2D eigenvalue weighted by molar-refractivity contribution is -0.148. The first-order chi connectivity index (χ1) is 20.4. The number of carbonyl (C=O) groups is 2. The number of carboxylic acid groups (broad SMARTS) is 1. The van der Waals surface area contributed by atoms with E-state index in [9.17, 15) is 19.8 Å². The van der Waals surface area contributed by atoms with Gasteiger partial charge in [0.05, 0.1) is 36.4 Å². The lowest BCUT2D eigenvalue weighted by Gasteiger charge is -2.21. The van der Waals surface area contributed by atoms with Crippen LogP contribution in [0.5, 0.6) is 0 Å². The molecule has 13 nitrogen and oxygen atoms in total. The second-order valence-corrected chi connectivity index (χ2v) is 9.67. The molecule has 2 aromatic carbocycles. The third-order valence-corrected chi connectivity index (χ3v) is 6.67. The Morgan fingerprint density at radius 1 is 1.02 bits per heavy atom. The van der Waals surface area contributed by atoms with Gasteiger partial charge in [-0.15, -0.1) is 5.10 Å². The fourth-order valence-corrected chi connectivity index (χ4v) is 4.60. The van der Waals surface area contributed by atoms with Gasteiger partial charge < -0.3 is 15.5 Å². The number of aliphatic hydroxyl groups is 1. The summed E-state index contributed by atoms with van der Waals surface area (Å²) in [7, 11) is 0. The van der Waals surface area contributed by atoms with Crippen LogP contribution >= 0.6 is 0 Å².